The fraction of sp³-hybridized carbons (Fsp3) is 0.409. The number of anilines is 1. The highest BCUT2D eigenvalue weighted by Gasteiger charge is 2.25. The number of nitrogens with zero attached hydrogens (tertiary/aromatic N) is 5. The van der Waals surface area contributed by atoms with Gasteiger partial charge in [-0.3, -0.25) is 4.98 Å². The number of hydrogen-bond acceptors (Lipinski definition) is 7. The van der Waals surface area contributed by atoms with E-state index < -0.39 is 0 Å². The maximum atomic E-state index is 10.4. The third kappa shape index (κ3) is 3.46. The number of rotatable bonds is 4. The summed E-state index contributed by atoms with van der Waals surface area (Å²) in [6.07, 6.45) is 6.79. The highest BCUT2D eigenvalue weighted by molar-refractivity contribution is 5.93. The number of likely N-dealkylation sites (tertiary alicyclic amines) is 1. The van der Waals surface area contributed by atoms with Crippen molar-refractivity contribution in [1.82, 2.24) is 19.9 Å². The monoisotopic (exact) mass is 391 g/mol. The number of likely N-dealkylation sites (N-methyl/N-ethyl adjacent to an activating group) is 1. The van der Waals surface area contributed by atoms with Gasteiger partial charge in [-0.05, 0) is 32.9 Å². The summed E-state index contributed by atoms with van der Waals surface area (Å²) in [6, 6.07) is 8.91. The summed E-state index contributed by atoms with van der Waals surface area (Å²) in [5.74, 6) is 0.0421. The van der Waals surface area contributed by atoms with E-state index in [0.717, 1.165) is 41.8 Å². The molecule has 0 unspecified atom stereocenters. The van der Waals surface area contributed by atoms with Gasteiger partial charge in [0.05, 0.1) is 24.1 Å². The zero-order chi connectivity index (χ0) is 19.8. The standard InChI is InChI=1S/C22H25N5O2/c1-26-9-4-6-16(26)14-29-22-24-19-13-27(10-8-18(19)21(28)25-22)20-12-23-11-15-5-2-3-7-17(15)20/h2-3,5,7,11-12,16H,4,6,8-10,13-14H2,1H3,(H,24,25,28)/t16-/m0/s1. The Morgan fingerprint density at radius 2 is 2.07 bits per heavy atom. The summed E-state index contributed by atoms with van der Waals surface area (Å²) in [5, 5.41) is 12.7. The number of pyridine rings is 1. The Hall–Kier alpha value is -2.93. The molecular formula is C22H25N5O2. The molecular weight excluding hydrogens is 366 g/mol. The molecule has 4 heterocycles. The molecule has 0 aliphatic carbocycles. The molecule has 1 N–H and O–H groups in total. The largest absolute Gasteiger partial charge is 0.493 e. The van der Waals surface area contributed by atoms with Crippen LogP contribution >= 0.6 is 0 Å². The molecule has 1 saturated heterocycles. The Kier molecular flexibility index (Phi) is 4.67. The molecule has 7 nitrogen and oxygen atoms in total. The zero-order valence-electron chi connectivity index (χ0n) is 16.6. The summed E-state index contributed by atoms with van der Waals surface area (Å²) in [4.78, 5) is 17.8. The van der Waals surface area contributed by atoms with Crippen molar-refractivity contribution in [3.05, 3.63) is 47.9 Å². The zero-order valence-corrected chi connectivity index (χ0v) is 16.6. The molecule has 0 radical (unpaired) electrons. The van der Waals surface area contributed by atoms with Gasteiger partial charge in [-0.15, -0.1) is 0 Å². The maximum absolute atomic E-state index is 10.4. The van der Waals surface area contributed by atoms with Gasteiger partial charge in [0.2, 0.25) is 5.88 Å². The number of hydrogen-bond donors (Lipinski definition) is 1. The van der Waals surface area contributed by atoms with Gasteiger partial charge in [0.1, 0.15) is 6.61 Å². The molecule has 150 valence electrons. The second-order valence-electron chi connectivity index (χ2n) is 7.89. The van der Waals surface area contributed by atoms with Crippen LogP contribution in [0.1, 0.15) is 24.1 Å². The van der Waals surface area contributed by atoms with Gasteiger partial charge in [0.25, 0.3) is 0 Å². The number of aromatic hydroxyl groups is 1. The van der Waals surface area contributed by atoms with Crippen molar-refractivity contribution in [2.24, 2.45) is 0 Å². The summed E-state index contributed by atoms with van der Waals surface area (Å²) in [7, 11) is 2.11. The molecule has 5 rings (SSSR count). The fourth-order valence-corrected chi connectivity index (χ4v) is 4.37. The van der Waals surface area contributed by atoms with E-state index in [0.29, 0.717) is 25.6 Å². The van der Waals surface area contributed by atoms with Gasteiger partial charge in [-0.1, -0.05) is 24.3 Å². The van der Waals surface area contributed by atoms with Gasteiger partial charge in [0.15, 0.2) is 0 Å². The van der Waals surface area contributed by atoms with E-state index in [1.54, 1.807) is 0 Å². The summed E-state index contributed by atoms with van der Waals surface area (Å²) < 4.78 is 5.86. The van der Waals surface area contributed by atoms with E-state index in [2.05, 4.69) is 43.9 Å². The van der Waals surface area contributed by atoms with E-state index in [1.165, 1.54) is 11.8 Å². The summed E-state index contributed by atoms with van der Waals surface area (Å²) in [5.41, 5.74) is 2.73. The van der Waals surface area contributed by atoms with Crippen molar-refractivity contribution < 1.29 is 9.84 Å². The van der Waals surface area contributed by atoms with Crippen LogP contribution in [-0.4, -0.2) is 57.7 Å². The van der Waals surface area contributed by atoms with Crippen molar-refractivity contribution in [3.63, 3.8) is 0 Å². The molecule has 2 aliphatic rings. The molecule has 1 atom stereocenters. The van der Waals surface area contributed by atoms with Crippen LogP contribution in [-0.2, 0) is 13.0 Å². The minimum atomic E-state index is 0.0421. The van der Waals surface area contributed by atoms with E-state index in [9.17, 15) is 5.11 Å². The Labute approximate surface area is 170 Å². The molecule has 3 aromatic rings. The second-order valence-corrected chi connectivity index (χ2v) is 7.89. The summed E-state index contributed by atoms with van der Waals surface area (Å²) in [6.45, 7) is 3.03. The first-order chi connectivity index (χ1) is 14.2. The molecule has 29 heavy (non-hydrogen) atoms. The predicted molar refractivity (Wildman–Crippen MR) is 111 cm³/mol. The fourth-order valence-electron chi connectivity index (χ4n) is 4.37. The van der Waals surface area contributed by atoms with Crippen molar-refractivity contribution in [2.75, 3.05) is 31.6 Å². The molecule has 2 aromatic heterocycles. The van der Waals surface area contributed by atoms with E-state index in [1.807, 2.05) is 24.5 Å². The van der Waals surface area contributed by atoms with Crippen LogP contribution in [0.3, 0.4) is 0 Å². The minimum absolute atomic E-state index is 0.0421. The average Bonchev–Trinajstić information content (AvgIpc) is 3.16. The number of ether oxygens (including phenoxy) is 1. The molecule has 2 aliphatic heterocycles. The van der Waals surface area contributed by atoms with Crippen LogP contribution in [0.5, 0.6) is 11.9 Å². The lowest BCUT2D eigenvalue weighted by Crippen LogP contribution is -2.32. The molecule has 1 aromatic carbocycles. The van der Waals surface area contributed by atoms with E-state index in [-0.39, 0.29) is 11.9 Å². The van der Waals surface area contributed by atoms with Crippen molar-refractivity contribution in [2.45, 2.75) is 31.8 Å². The number of fused-ring (bicyclic) bond motifs is 2. The smallest absolute Gasteiger partial charge is 0.320 e. The van der Waals surface area contributed by atoms with Crippen LogP contribution in [0.15, 0.2) is 36.7 Å². The first-order valence-electron chi connectivity index (χ1n) is 10.2. The van der Waals surface area contributed by atoms with Gasteiger partial charge in [-0.25, -0.2) is 0 Å². The third-order valence-electron chi connectivity index (χ3n) is 6.09. The highest BCUT2D eigenvalue weighted by atomic mass is 16.5. The Balaban J connectivity index is 1.39. The summed E-state index contributed by atoms with van der Waals surface area (Å²) >= 11 is 0. The van der Waals surface area contributed by atoms with Crippen molar-refractivity contribution in [1.29, 1.82) is 0 Å². The van der Waals surface area contributed by atoms with Crippen LogP contribution in [0.25, 0.3) is 10.8 Å². The normalized spacial score (nSPS) is 19.5. The van der Waals surface area contributed by atoms with Gasteiger partial charge >= 0.3 is 6.01 Å². The lowest BCUT2D eigenvalue weighted by molar-refractivity contribution is 0.185. The predicted octanol–water partition coefficient (Wildman–Crippen LogP) is 2.77. The van der Waals surface area contributed by atoms with Crippen LogP contribution < -0.4 is 9.64 Å². The lowest BCUT2D eigenvalue weighted by Gasteiger charge is -2.30. The quantitative estimate of drug-likeness (QED) is 0.733. The van der Waals surface area contributed by atoms with E-state index in [4.69, 9.17) is 4.74 Å². The molecule has 0 spiro atoms. The van der Waals surface area contributed by atoms with Crippen LogP contribution in [0.2, 0.25) is 0 Å². The minimum Gasteiger partial charge on any atom is -0.493 e. The molecule has 1 fully saturated rings. The van der Waals surface area contributed by atoms with Crippen molar-refractivity contribution >= 4 is 16.5 Å². The van der Waals surface area contributed by atoms with E-state index >= 15 is 0 Å². The average molecular weight is 391 g/mol. The van der Waals surface area contributed by atoms with Crippen LogP contribution in [0.4, 0.5) is 5.69 Å². The Bertz CT molecular complexity index is 1040. The topological polar surface area (TPSA) is 74.6 Å². The number of benzene rings is 1. The van der Waals surface area contributed by atoms with Crippen molar-refractivity contribution in [3.8, 4) is 11.9 Å². The molecule has 0 saturated carbocycles. The van der Waals surface area contributed by atoms with Gasteiger partial charge in [0, 0.05) is 35.1 Å². The second kappa shape index (κ2) is 7.48. The Morgan fingerprint density at radius 1 is 1.17 bits per heavy atom. The van der Waals surface area contributed by atoms with Gasteiger partial charge in [-0.2, -0.15) is 9.97 Å². The molecule has 0 amide bonds. The first kappa shape index (κ1) is 18.1. The molecule has 7 heteroatoms. The number of aromatic nitrogens is 3. The highest BCUT2D eigenvalue weighted by Crippen LogP contribution is 2.32. The Morgan fingerprint density at radius 3 is 2.93 bits per heavy atom. The van der Waals surface area contributed by atoms with Gasteiger partial charge < -0.3 is 19.6 Å². The lowest BCUT2D eigenvalue weighted by atomic mass is 10.0. The SMILES string of the molecule is CN1CCC[C@H]1COc1nc(O)c2c(n1)CN(c1cncc3ccccc13)CC2. The third-order valence-corrected chi connectivity index (χ3v) is 6.09. The molecule has 0 bridgehead atoms. The van der Waals surface area contributed by atoms with Crippen LogP contribution in [0, 0.1) is 0 Å². The maximum Gasteiger partial charge on any atom is 0.320 e. The first-order valence-corrected chi connectivity index (χ1v) is 10.2.